The molecule has 0 saturated carbocycles. The maximum Gasteiger partial charge on any atom is 0.165 e. The highest BCUT2D eigenvalue weighted by atomic mass is 79.9. The molecular formula is C15H15BrClFN2O. The van der Waals surface area contributed by atoms with Crippen LogP contribution in [0.4, 0.5) is 10.1 Å². The number of halogens is 3. The molecule has 6 heteroatoms. The lowest BCUT2D eigenvalue weighted by Gasteiger charge is -2.20. The summed E-state index contributed by atoms with van der Waals surface area (Å²) in [6, 6.07) is 9.98. The number of benzene rings is 2. The second kappa shape index (κ2) is 7.11. The highest BCUT2D eigenvalue weighted by Gasteiger charge is 2.14. The van der Waals surface area contributed by atoms with E-state index in [4.69, 9.17) is 22.1 Å². The molecule has 0 fully saturated rings. The van der Waals surface area contributed by atoms with Gasteiger partial charge in [0.25, 0.3) is 0 Å². The van der Waals surface area contributed by atoms with E-state index in [2.05, 4.69) is 21.2 Å². The van der Waals surface area contributed by atoms with Crippen molar-refractivity contribution in [1.29, 1.82) is 0 Å². The summed E-state index contributed by atoms with van der Waals surface area (Å²) < 4.78 is 19.3. The minimum atomic E-state index is -0.403. The van der Waals surface area contributed by atoms with Gasteiger partial charge in [-0.3, -0.25) is 0 Å². The molecule has 2 aromatic carbocycles. The van der Waals surface area contributed by atoms with Crippen LogP contribution < -0.4 is 15.8 Å². The van der Waals surface area contributed by atoms with E-state index in [1.165, 1.54) is 13.2 Å². The molecule has 0 aliphatic carbocycles. The summed E-state index contributed by atoms with van der Waals surface area (Å²) >= 11 is 9.42. The minimum absolute atomic E-state index is 0.133. The molecule has 0 radical (unpaired) electrons. The van der Waals surface area contributed by atoms with Gasteiger partial charge in [-0.2, -0.15) is 0 Å². The number of hydrogen-bond donors (Lipinski definition) is 2. The maximum atomic E-state index is 13.4. The Labute approximate surface area is 136 Å². The molecule has 3 nitrogen and oxygen atoms in total. The van der Waals surface area contributed by atoms with E-state index in [1.807, 2.05) is 12.1 Å². The predicted octanol–water partition coefficient (Wildman–Crippen LogP) is 4.36. The number of rotatable bonds is 5. The summed E-state index contributed by atoms with van der Waals surface area (Å²) in [5.41, 5.74) is 7.54. The monoisotopic (exact) mass is 372 g/mol. The fourth-order valence-corrected chi connectivity index (χ4v) is 2.96. The first-order valence-corrected chi connectivity index (χ1v) is 7.47. The van der Waals surface area contributed by atoms with Gasteiger partial charge in [0.2, 0.25) is 0 Å². The van der Waals surface area contributed by atoms with Crippen LogP contribution >= 0.6 is 27.5 Å². The third kappa shape index (κ3) is 3.87. The quantitative estimate of drug-likeness (QED) is 0.818. The molecule has 1 unspecified atom stereocenters. The van der Waals surface area contributed by atoms with E-state index in [0.29, 0.717) is 11.6 Å². The Morgan fingerprint density at radius 2 is 2.10 bits per heavy atom. The Balaban J connectivity index is 2.26. The van der Waals surface area contributed by atoms with E-state index in [1.54, 1.807) is 18.2 Å². The number of nitrogens with one attached hydrogen (secondary N) is 1. The van der Waals surface area contributed by atoms with Crippen molar-refractivity contribution in [2.75, 3.05) is 19.0 Å². The Morgan fingerprint density at radius 3 is 2.71 bits per heavy atom. The Kier molecular flexibility index (Phi) is 5.45. The van der Waals surface area contributed by atoms with Crippen molar-refractivity contribution in [3.63, 3.8) is 0 Å². The molecule has 0 spiro atoms. The zero-order valence-corrected chi connectivity index (χ0v) is 13.7. The van der Waals surface area contributed by atoms with Gasteiger partial charge >= 0.3 is 0 Å². The van der Waals surface area contributed by atoms with Crippen molar-refractivity contribution in [2.45, 2.75) is 6.04 Å². The van der Waals surface area contributed by atoms with Gasteiger partial charge in [-0.05, 0) is 29.8 Å². The molecule has 112 valence electrons. The number of hydrogen-bond acceptors (Lipinski definition) is 3. The summed E-state index contributed by atoms with van der Waals surface area (Å²) in [6.45, 7) is 0.375. The van der Waals surface area contributed by atoms with Crippen LogP contribution in [-0.2, 0) is 0 Å². The van der Waals surface area contributed by atoms with Gasteiger partial charge in [0.1, 0.15) is 0 Å². The van der Waals surface area contributed by atoms with Crippen molar-refractivity contribution in [1.82, 2.24) is 0 Å². The first kappa shape index (κ1) is 16.1. The Bertz CT molecular complexity index is 639. The highest BCUT2D eigenvalue weighted by Crippen LogP contribution is 2.30. The summed E-state index contributed by atoms with van der Waals surface area (Å²) in [6.07, 6.45) is 0. The third-order valence-corrected chi connectivity index (χ3v) is 3.99. The molecule has 0 amide bonds. The topological polar surface area (TPSA) is 47.3 Å². The summed E-state index contributed by atoms with van der Waals surface area (Å²) in [5, 5.41) is 3.91. The van der Waals surface area contributed by atoms with Crippen molar-refractivity contribution < 1.29 is 9.13 Å². The molecule has 2 aromatic rings. The van der Waals surface area contributed by atoms with Gasteiger partial charge in [-0.1, -0.05) is 33.6 Å². The molecule has 0 saturated heterocycles. The third-order valence-electron chi connectivity index (χ3n) is 3.07. The normalized spacial score (nSPS) is 12.0. The largest absolute Gasteiger partial charge is 0.494 e. The molecule has 0 aromatic heterocycles. The molecule has 0 bridgehead atoms. The van der Waals surface area contributed by atoms with Crippen LogP contribution in [0.5, 0.6) is 5.75 Å². The van der Waals surface area contributed by atoms with Crippen LogP contribution in [0, 0.1) is 5.82 Å². The molecule has 0 heterocycles. The lowest BCUT2D eigenvalue weighted by molar-refractivity contribution is 0.386. The van der Waals surface area contributed by atoms with Gasteiger partial charge < -0.3 is 15.8 Å². The molecule has 0 aliphatic heterocycles. The number of nitrogens with two attached hydrogens (primary N) is 1. The minimum Gasteiger partial charge on any atom is -0.494 e. The summed E-state index contributed by atoms with van der Waals surface area (Å²) in [4.78, 5) is 0. The molecule has 3 N–H and O–H groups in total. The van der Waals surface area contributed by atoms with Crippen LogP contribution in [0.15, 0.2) is 40.9 Å². The van der Waals surface area contributed by atoms with E-state index in [9.17, 15) is 4.39 Å². The average Bonchev–Trinajstić information content (AvgIpc) is 2.47. The molecule has 2 rings (SSSR count). The van der Waals surface area contributed by atoms with Crippen LogP contribution in [-0.4, -0.2) is 13.7 Å². The van der Waals surface area contributed by atoms with E-state index in [0.717, 1.165) is 15.7 Å². The zero-order chi connectivity index (χ0) is 15.4. The molecule has 21 heavy (non-hydrogen) atoms. The van der Waals surface area contributed by atoms with Crippen molar-refractivity contribution in [3.8, 4) is 5.75 Å². The second-order valence-corrected chi connectivity index (χ2v) is 5.74. The van der Waals surface area contributed by atoms with Crippen molar-refractivity contribution in [2.24, 2.45) is 5.73 Å². The predicted molar refractivity (Wildman–Crippen MR) is 87.5 cm³/mol. The standard InChI is InChI=1S/C15H15BrClFN2O/c1-21-15-7-10(3-5-13(15)18)20-14(8-19)11-4-2-9(17)6-12(11)16/h2-7,14,20H,8,19H2,1H3. The van der Waals surface area contributed by atoms with Gasteiger partial charge in [0, 0.05) is 27.8 Å². The molecule has 0 aliphatic rings. The SMILES string of the molecule is COc1cc(NC(CN)c2ccc(Cl)cc2Br)ccc1F. The number of anilines is 1. The summed E-state index contributed by atoms with van der Waals surface area (Å²) in [5.74, 6) is -0.217. The lowest BCUT2D eigenvalue weighted by Crippen LogP contribution is -2.21. The summed E-state index contributed by atoms with van der Waals surface area (Å²) in [7, 11) is 1.43. The van der Waals surface area contributed by atoms with Gasteiger partial charge in [-0.25, -0.2) is 4.39 Å². The number of methoxy groups -OCH3 is 1. The van der Waals surface area contributed by atoms with Gasteiger partial charge in [0.15, 0.2) is 11.6 Å². The van der Waals surface area contributed by atoms with Gasteiger partial charge in [0.05, 0.1) is 13.2 Å². The second-order valence-electron chi connectivity index (χ2n) is 4.45. The number of ether oxygens (including phenoxy) is 1. The van der Waals surface area contributed by atoms with E-state index >= 15 is 0 Å². The highest BCUT2D eigenvalue weighted by molar-refractivity contribution is 9.10. The van der Waals surface area contributed by atoms with Crippen LogP contribution in [0.3, 0.4) is 0 Å². The first-order valence-electron chi connectivity index (χ1n) is 6.30. The average molecular weight is 374 g/mol. The van der Waals surface area contributed by atoms with Crippen LogP contribution in [0.25, 0.3) is 0 Å². The fraction of sp³-hybridized carbons (Fsp3) is 0.200. The fourth-order valence-electron chi connectivity index (χ4n) is 2.00. The van der Waals surface area contributed by atoms with E-state index in [-0.39, 0.29) is 11.8 Å². The lowest BCUT2D eigenvalue weighted by atomic mass is 10.1. The van der Waals surface area contributed by atoms with Gasteiger partial charge in [-0.15, -0.1) is 0 Å². The molecular weight excluding hydrogens is 359 g/mol. The first-order chi connectivity index (χ1) is 10.0. The zero-order valence-electron chi connectivity index (χ0n) is 11.4. The van der Waals surface area contributed by atoms with E-state index < -0.39 is 5.82 Å². The maximum absolute atomic E-state index is 13.4. The van der Waals surface area contributed by atoms with Crippen LogP contribution in [0.2, 0.25) is 5.02 Å². The Hall–Kier alpha value is -1.30. The van der Waals surface area contributed by atoms with Crippen molar-refractivity contribution >= 4 is 33.2 Å². The smallest absolute Gasteiger partial charge is 0.165 e. The molecule has 1 atom stereocenters. The van der Waals surface area contributed by atoms with Crippen LogP contribution in [0.1, 0.15) is 11.6 Å². The van der Waals surface area contributed by atoms with Crippen molar-refractivity contribution in [3.05, 3.63) is 57.3 Å². The Morgan fingerprint density at radius 1 is 1.33 bits per heavy atom.